The van der Waals surface area contributed by atoms with Crippen LogP contribution < -0.4 is 9.80 Å². The highest BCUT2D eigenvalue weighted by Gasteiger charge is 2.45. The zero-order chi connectivity index (χ0) is 13.9. The number of anilines is 2. The Morgan fingerprint density at radius 1 is 1.30 bits per heavy atom. The molecule has 0 bridgehead atoms. The van der Waals surface area contributed by atoms with Crippen molar-refractivity contribution in [2.24, 2.45) is 0 Å². The number of amides is 1. The number of benzene rings is 1. The zero-order valence-electron chi connectivity index (χ0n) is 11.6. The van der Waals surface area contributed by atoms with Crippen LogP contribution in [0.2, 0.25) is 0 Å². The van der Waals surface area contributed by atoms with Gasteiger partial charge in [0.25, 0.3) is 0 Å². The average Bonchev–Trinajstić information content (AvgIpc) is 2.78. The predicted molar refractivity (Wildman–Crippen MR) is 77.8 cm³/mol. The lowest BCUT2D eigenvalue weighted by atomic mass is 9.89. The Morgan fingerprint density at radius 3 is 2.95 bits per heavy atom. The fourth-order valence-corrected chi connectivity index (χ4v) is 4.08. The number of likely N-dealkylation sites (N-methyl/N-ethyl adjacent to an activating group) is 1. The van der Waals surface area contributed by atoms with Crippen LogP contribution in [-0.4, -0.2) is 55.4 Å². The predicted octanol–water partition coefficient (Wildman–Crippen LogP) is 1.79. The lowest BCUT2D eigenvalue weighted by Crippen LogP contribution is -2.50. The van der Waals surface area contributed by atoms with Gasteiger partial charge in [0.2, 0.25) is 0 Å². The van der Waals surface area contributed by atoms with Crippen LogP contribution in [0.1, 0.15) is 17.9 Å². The summed E-state index contributed by atoms with van der Waals surface area (Å²) in [4.78, 5) is 17.6. The third-order valence-electron chi connectivity index (χ3n) is 5.07. The van der Waals surface area contributed by atoms with Gasteiger partial charge in [-0.15, -0.1) is 0 Å². The summed E-state index contributed by atoms with van der Waals surface area (Å²) in [7, 11) is 2.14. The molecule has 20 heavy (non-hydrogen) atoms. The molecule has 2 atom stereocenters. The molecule has 106 valence electrons. The number of rotatable bonds is 0. The van der Waals surface area contributed by atoms with Crippen molar-refractivity contribution < 1.29 is 9.90 Å². The number of hydrogen-bond donors (Lipinski definition) is 1. The Balaban J connectivity index is 1.78. The highest BCUT2D eigenvalue weighted by Crippen LogP contribution is 2.50. The molecule has 5 nitrogen and oxygen atoms in total. The Hall–Kier alpha value is -1.91. The van der Waals surface area contributed by atoms with E-state index in [1.165, 1.54) is 16.9 Å². The van der Waals surface area contributed by atoms with Crippen molar-refractivity contribution >= 4 is 17.5 Å². The van der Waals surface area contributed by atoms with Crippen LogP contribution in [-0.2, 0) is 0 Å². The molecule has 1 amide bonds. The molecule has 2 unspecified atom stereocenters. The van der Waals surface area contributed by atoms with Crippen LogP contribution in [0.4, 0.5) is 16.2 Å². The fourth-order valence-electron chi connectivity index (χ4n) is 4.08. The molecule has 3 aliphatic rings. The first-order chi connectivity index (χ1) is 9.66. The molecule has 3 heterocycles. The zero-order valence-corrected chi connectivity index (χ0v) is 11.6. The minimum absolute atomic E-state index is 0.335. The van der Waals surface area contributed by atoms with E-state index < -0.39 is 6.09 Å². The number of hydrogen-bond acceptors (Lipinski definition) is 3. The first-order valence-corrected chi connectivity index (χ1v) is 7.25. The van der Waals surface area contributed by atoms with Crippen molar-refractivity contribution in [2.45, 2.75) is 18.4 Å². The molecule has 3 aliphatic heterocycles. The first-order valence-electron chi connectivity index (χ1n) is 7.25. The Morgan fingerprint density at radius 2 is 2.15 bits per heavy atom. The van der Waals surface area contributed by atoms with E-state index >= 15 is 0 Å². The molecular weight excluding hydrogens is 254 g/mol. The van der Waals surface area contributed by atoms with E-state index in [-0.39, 0.29) is 0 Å². The summed E-state index contributed by atoms with van der Waals surface area (Å²) in [6.45, 7) is 3.39. The van der Waals surface area contributed by atoms with Crippen LogP contribution >= 0.6 is 0 Å². The highest BCUT2D eigenvalue weighted by molar-refractivity contribution is 5.81. The molecule has 4 rings (SSSR count). The number of nitrogens with zero attached hydrogens (tertiary/aromatic N) is 3. The van der Waals surface area contributed by atoms with Gasteiger partial charge < -0.3 is 19.8 Å². The van der Waals surface area contributed by atoms with Gasteiger partial charge in [0.05, 0.1) is 11.4 Å². The maximum Gasteiger partial charge on any atom is 0.407 e. The fraction of sp³-hybridized carbons (Fsp3) is 0.533. The van der Waals surface area contributed by atoms with E-state index in [1.807, 2.05) is 0 Å². The summed E-state index contributed by atoms with van der Waals surface area (Å²) in [5.41, 5.74) is 3.98. The Labute approximate surface area is 118 Å². The molecule has 1 N–H and O–H groups in total. The Kier molecular flexibility index (Phi) is 2.40. The summed E-state index contributed by atoms with van der Waals surface area (Å²) in [5, 5.41) is 9.24. The molecule has 0 aliphatic carbocycles. The maximum absolute atomic E-state index is 11.2. The largest absolute Gasteiger partial charge is 0.465 e. The van der Waals surface area contributed by atoms with Gasteiger partial charge >= 0.3 is 6.09 Å². The van der Waals surface area contributed by atoms with Gasteiger partial charge in [-0.05, 0) is 18.1 Å². The summed E-state index contributed by atoms with van der Waals surface area (Å²) in [6.07, 6.45) is 0.154. The third kappa shape index (κ3) is 1.46. The van der Waals surface area contributed by atoms with E-state index in [1.54, 1.807) is 4.90 Å². The molecule has 5 heteroatoms. The molecule has 1 aromatic carbocycles. The van der Waals surface area contributed by atoms with Gasteiger partial charge in [-0.25, -0.2) is 4.79 Å². The smallest absolute Gasteiger partial charge is 0.407 e. The number of likely N-dealkylation sites (tertiary alicyclic amines) is 1. The molecule has 0 radical (unpaired) electrons. The topological polar surface area (TPSA) is 47.0 Å². The molecule has 0 saturated carbocycles. The van der Waals surface area contributed by atoms with Gasteiger partial charge in [0, 0.05) is 45.2 Å². The summed E-state index contributed by atoms with van der Waals surface area (Å²) < 4.78 is 0. The summed E-state index contributed by atoms with van der Waals surface area (Å²) in [6, 6.07) is 6.95. The number of carboxylic acid groups (broad SMARTS) is 1. The normalized spacial score (nSPS) is 27.4. The molecule has 0 aromatic heterocycles. The molecule has 1 fully saturated rings. The van der Waals surface area contributed by atoms with Crippen molar-refractivity contribution in [3.8, 4) is 0 Å². The number of piperidine rings is 1. The monoisotopic (exact) mass is 273 g/mol. The van der Waals surface area contributed by atoms with Crippen LogP contribution in [0.25, 0.3) is 0 Å². The first kappa shape index (κ1) is 11.9. The van der Waals surface area contributed by atoms with E-state index in [9.17, 15) is 9.90 Å². The second kappa shape index (κ2) is 4.04. The van der Waals surface area contributed by atoms with Crippen molar-refractivity contribution in [2.75, 3.05) is 43.0 Å². The quantitative estimate of drug-likeness (QED) is 0.783. The molecule has 0 spiro atoms. The minimum atomic E-state index is -0.786. The maximum atomic E-state index is 11.2. The average molecular weight is 273 g/mol. The van der Waals surface area contributed by atoms with E-state index in [0.29, 0.717) is 25.0 Å². The summed E-state index contributed by atoms with van der Waals surface area (Å²) in [5.74, 6) is 0.335. The third-order valence-corrected chi connectivity index (χ3v) is 5.07. The van der Waals surface area contributed by atoms with Crippen LogP contribution in [0.15, 0.2) is 18.2 Å². The van der Waals surface area contributed by atoms with Gasteiger partial charge in [-0.3, -0.25) is 0 Å². The Bertz CT molecular complexity index is 574. The lowest BCUT2D eigenvalue weighted by molar-refractivity contribution is 0.127. The van der Waals surface area contributed by atoms with Crippen LogP contribution in [0.3, 0.4) is 0 Å². The van der Waals surface area contributed by atoms with Crippen molar-refractivity contribution in [1.82, 2.24) is 4.90 Å². The SMILES string of the molecule is CN1CCN2c3c(cccc31)C1CN(C(=O)O)CCC12. The molecule has 1 aromatic rings. The van der Waals surface area contributed by atoms with Crippen LogP contribution in [0, 0.1) is 0 Å². The highest BCUT2D eigenvalue weighted by atomic mass is 16.4. The van der Waals surface area contributed by atoms with Crippen molar-refractivity contribution in [3.05, 3.63) is 23.8 Å². The minimum Gasteiger partial charge on any atom is -0.465 e. The van der Waals surface area contributed by atoms with Gasteiger partial charge in [-0.1, -0.05) is 12.1 Å². The van der Waals surface area contributed by atoms with E-state index in [0.717, 1.165) is 19.5 Å². The summed E-state index contributed by atoms with van der Waals surface area (Å²) >= 11 is 0. The number of para-hydroxylation sites is 1. The van der Waals surface area contributed by atoms with Crippen LogP contribution in [0.5, 0.6) is 0 Å². The number of carbonyl (C=O) groups is 1. The van der Waals surface area contributed by atoms with Crippen molar-refractivity contribution in [1.29, 1.82) is 0 Å². The molecular formula is C15H19N3O2. The second-order valence-corrected chi connectivity index (χ2v) is 6.02. The number of fused-ring (bicyclic) bond motifs is 3. The van der Waals surface area contributed by atoms with Gasteiger partial charge in [-0.2, -0.15) is 0 Å². The van der Waals surface area contributed by atoms with E-state index in [2.05, 4.69) is 35.0 Å². The standard InChI is InChI=1S/C15H19N3O2/c1-16-7-8-18-12-5-6-17(15(19)20)9-11(12)10-3-2-4-13(16)14(10)18/h2-4,11-12H,5-9H2,1H3,(H,19,20). The lowest BCUT2D eigenvalue weighted by Gasteiger charge is -2.41. The molecule has 1 saturated heterocycles. The van der Waals surface area contributed by atoms with Gasteiger partial charge in [0.1, 0.15) is 0 Å². The second-order valence-electron chi connectivity index (χ2n) is 6.02. The van der Waals surface area contributed by atoms with Gasteiger partial charge in [0.15, 0.2) is 0 Å². The van der Waals surface area contributed by atoms with E-state index in [4.69, 9.17) is 0 Å². The van der Waals surface area contributed by atoms with Crippen molar-refractivity contribution in [3.63, 3.8) is 0 Å².